The minimum Gasteiger partial charge on any atom is -0.327 e. The van der Waals surface area contributed by atoms with E-state index in [1.807, 2.05) is 13.0 Å². The maximum atomic E-state index is 11.5. The van der Waals surface area contributed by atoms with Crippen molar-refractivity contribution in [3.63, 3.8) is 0 Å². The molecule has 0 spiro atoms. The molecule has 14 heavy (non-hydrogen) atoms. The van der Waals surface area contributed by atoms with Crippen LogP contribution in [0, 0.1) is 0 Å². The maximum absolute atomic E-state index is 11.5. The first kappa shape index (κ1) is 11.9. The molecule has 1 rings (SSSR count). The zero-order valence-corrected chi connectivity index (χ0v) is 10.1. The van der Waals surface area contributed by atoms with Crippen LogP contribution >= 0.6 is 11.3 Å². The van der Waals surface area contributed by atoms with E-state index in [0.717, 1.165) is 18.6 Å². The van der Waals surface area contributed by atoms with Crippen LogP contribution in [0.25, 0.3) is 0 Å². The Labute approximate surface area is 92.0 Å². The van der Waals surface area contributed by atoms with Gasteiger partial charge in [0.05, 0.1) is 0 Å². The molecule has 0 aliphatic carbocycles. The molecular weight excluding hydrogens is 214 g/mol. The van der Waals surface area contributed by atoms with Crippen molar-refractivity contribution in [1.82, 2.24) is 0 Å². The molecule has 0 saturated heterocycles. The van der Waals surface area contributed by atoms with E-state index in [9.17, 15) is 4.21 Å². The summed E-state index contributed by atoms with van der Waals surface area (Å²) < 4.78 is 11.5. The first-order chi connectivity index (χ1) is 6.72. The Bertz CT molecular complexity index is 272. The predicted octanol–water partition coefficient (Wildman–Crippen LogP) is 1.78. The first-order valence-electron chi connectivity index (χ1n) is 4.85. The van der Waals surface area contributed by atoms with Crippen LogP contribution in [0.5, 0.6) is 0 Å². The summed E-state index contributed by atoms with van der Waals surface area (Å²) in [4.78, 5) is 1.31. The number of hydrogen-bond donors (Lipinski definition) is 1. The van der Waals surface area contributed by atoms with E-state index in [1.165, 1.54) is 4.88 Å². The van der Waals surface area contributed by atoms with E-state index < -0.39 is 10.8 Å². The van der Waals surface area contributed by atoms with Crippen LogP contribution < -0.4 is 5.73 Å². The van der Waals surface area contributed by atoms with Gasteiger partial charge in [0.15, 0.2) is 0 Å². The molecule has 2 nitrogen and oxygen atoms in total. The van der Waals surface area contributed by atoms with Gasteiger partial charge in [0.1, 0.15) is 0 Å². The van der Waals surface area contributed by atoms with E-state index in [0.29, 0.717) is 5.75 Å². The molecule has 1 aromatic heterocycles. The molecule has 80 valence electrons. The zero-order chi connectivity index (χ0) is 10.4. The van der Waals surface area contributed by atoms with Crippen molar-refractivity contribution in [3.8, 4) is 0 Å². The van der Waals surface area contributed by atoms with Gasteiger partial charge in [-0.25, -0.2) is 0 Å². The van der Waals surface area contributed by atoms with E-state index in [2.05, 4.69) is 11.4 Å². The molecule has 0 saturated carbocycles. The molecule has 0 radical (unpaired) electrons. The molecule has 1 aromatic rings. The fraction of sp³-hybridized carbons (Fsp3) is 0.600. The van der Waals surface area contributed by atoms with Gasteiger partial charge in [0.25, 0.3) is 0 Å². The summed E-state index contributed by atoms with van der Waals surface area (Å²) in [6, 6.07) is 4.21. The third kappa shape index (κ3) is 4.35. The van der Waals surface area contributed by atoms with Crippen LogP contribution in [0.3, 0.4) is 0 Å². The van der Waals surface area contributed by atoms with Crippen molar-refractivity contribution in [2.24, 2.45) is 5.73 Å². The lowest BCUT2D eigenvalue weighted by Gasteiger charge is -2.07. The van der Waals surface area contributed by atoms with Crippen LogP contribution in [0.2, 0.25) is 0 Å². The average Bonchev–Trinajstić information content (AvgIpc) is 2.67. The molecule has 0 fully saturated rings. The molecule has 2 unspecified atom stereocenters. The number of nitrogens with two attached hydrogens (primary N) is 1. The quantitative estimate of drug-likeness (QED) is 0.811. The summed E-state index contributed by atoms with van der Waals surface area (Å²) in [7, 11) is -0.753. The fourth-order valence-electron chi connectivity index (χ4n) is 1.11. The van der Waals surface area contributed by atoms with Crippen LogP contribution in [0.15, 0.2) is 17.5 Å². The Kier molecular flexibility index (Phi) is 5.37. The van der Waals surface area contributed by atoms with E-state index in [4.69, 9.17) is 5.73 Å². The van der Waals surface area contributed by atoms with Gasteiger partial charge in [-0.05, 0) is 24.3 Å². The Hall–Kier alpha value is -0.190. The Balaban J connectivity index is 2.22. The molecule has 2 N–H and O–H groups in total. The third-order valence-electron chi connectivity index (χ3n) is 2.08. The highest BCUT2D eigenvalue weighted by atomic mass is 32.2. The number of hydrogen-bond acceptors (Lipinski definition) is 3. The highest BCUT2D eigenvalue weighted by molar-refractivity contribution is 7.85. The summed E-state index contributed by atoms with van der Waals surface area (Å²) in [5.74, 6) is 1.39. The zero-order valence-electron chi connectivity index (χ0n) is 8.44. The fourth-order valence-corrected chi connectivity index (χ4v) is 3.27. The topological polar surface area (TPSA) is 43.1 Å². The van der Waals surface area contributed by atoms with E-state index in [1.54, 1.807) is 11.3 Å². The summed E-state index contributed by atoms with van der Waals surface area (Å²) in [6.07, 6.45) is 1.82. The molecule has 1 heterocycles. The molecule has 0 aliphatic rings. The third-order valence-corrected chi connectivity index (χ3v) is 4.48. The lowest BCUT2D eigenvalue weighted by atomic mass is 10.3. The van der Waals surface area contributed by atoms with Crippen LogP contribution in [-0.2, 0) is 17.2 Å². The average molecular weight is 231 g/mol. The normalized spacial score (nSPS) is 15.3. The summed E-state index contributed by atoms with van der Waals surface area (Å²) in [5.41, 5.74) is 5.73. The minimum atomic E-state index is -0.753. The Morgan fingerprint density at radius 3 is 3.00 bits per heavy atom. The lowest BCUT2D eigenvalue weighted by molar-refractivity contribution is 0.663. The largest absolute Gasteiger partial charge is 0.327 e. The number of aryl methyl sites for hydroxylation is 1. The Morgan fingerprint density at radius 2 is 2.43 bits per heavy atom. The minimum absolute atomic E-state index is 0.0965. The van der Waals surface area contributed by atoms with Gasteiger partial charge in [-0.1, -0.05) is 13.0 Å². The van der Waals surface area contributed by atoms with Crippen molar-refractivity contribution in [3.05, 3.63) is 22.4 Å². The van der Waals surface area contributed by atoms with Gasteiger partial charge in [-0.2, -0.15) is 0 Å². The molecule has 0 amide bonds. The highest BCUT2D eigenvalue weighted by Crippen LogP contribution is 2.09. The lowest BCUT2D eigenvalue weighted by Crippen LogP contribution is -2.27. The van der Waals surface area contributed by atoms with Crippen LogP contribution in [0.1, 0.15) is 18.2 Å². The summed E-state index contributed by atoms with van der Waals surface area (Å²) in [6.45, 7) is 2.03. The second-order valence-corrected chi connectivity index (χ2v) is 5.96. The number of rotatable bonds is 6. The van der Waals surface area contributed by atoms with Crippen molar-refractivity contribution in [1.29, 1.82) is 0 Å². The van der Waals surface area contributed by atoms with Crippen molar-refractivity contribution in [2.75, 3.05) is 11.5 Å². The van der Waals surface area contributed by atoms with Gasteiger partial charge in [-0.15, -0.1) is 11.3 Å². The highest BCUT2D eigenvalue weighted by Gasteiger charge is 2.06. The molecule has 0 aliphatic heterocycles. The smallest absolute Gasteiger partial charge is 0.0386 e. The Morgan fingerprint density at radius 1 is 1.64 bits per heavy atom. The van der Waals surface area contributed by atoms with Gasteiger partial charge in [-0.3, -0.25) is 4.21 Å². The first-order valence-corrected chi connectivity index (χ1v) is 7.22. The van der Waals surface area contributed by atoms with Gasteiger partial charge in [0.2, 0.25) is 0 Å². The molecular formula is C10H17NOS2. The van der Waals surface area contributed by atoms with Crippen molar-refractivity contribution < 1.29 is 4.21 Å². The van der Waals surface area contributed by atoms with Gasteiger partial charge >= 0.3 is 0 Å². The van der Waals surface area contributed by atoms with Gasteiger partial charge in [0, 0.05) is 33.2 Å². The summed E-state index contributed by atoms with van der Waals surface area (Å²) in [5, 5.41) is 2.05. The second-order valence-electron chi connectivity index (χ2n) is 3.31. The van der Waals surface area contributed by atoms with Crippen LogP contribution in [-0.4, -0.2) is 21.8 Å². The van der Waals surface area contributed by atoms with Crippen molar-refractivity contribution in [2.45, 2.75) is 25.8 Å². The molecule has 0 aromatic carbocycles. The molecule has 4 heteroatoms. The van der Waals surface area contributed by atoms with Crippen molar-refractivity contribution >= 4 is 22.1 Å². The molecule has 2 atom stereocenters. The number of thiophene rings is 1. The SMILES string of the molecule is CCC(N)CS(=O)CCc1cccs1. The van der Waals surface area contributed by atoms with E-state index >= 15 is 0 Å². The maximum Gasteiger partial charge on any atom is 0.0386 e. The standard InChI is InChI=1S/C10H17NOS2/c1-2-9(11)8-14(12)7-5-10-4-3-6-13-10/h3-4,6,9H,2,5,7-8,11H2,1H3. The van der Waals surface area contributed by atoms with Gasteiger partial charge < -0.3 is 5.73 Å². The van der Waals surface area contributed by atoms with Crippen LogP contribution in [0.4, 0.5) is 0 Å². The van der Waals surface area contributed by atoms with E-state index in [-0.39, 0.29) is 6.04 Å². The summed E-state index contributed by atoms with van der Waals surface area (Å²) >= 11 is 1.72. The predicted molar refractivity (Wildman–Crippen MR) is 64.2 cm³/mol. The monoisotopic (exact) mass is 231 g/mol. The second kappa shape index (κ2) is 6.32. The molecule has 0 bridgehead atoms.